The number of aromatic amines is 1. The van der Waals surface area contributed by atoms with Crippen molar-refractivity contribution in [3.05, 3.63) is 38.8 Å². The largest absolute Gasteiger partial charge is 0.369 e. The minimum Gasteiger partial charge on any atom is -0.369 e. The third kappa shape index (κ3) is 3.31. The summed E-state index contributed by atoms with van der Waals surface area (Å²) in [5, 5.41) is 2.80. The maximum absolute atomic E-state index is 12.0. The van der Waals surface area contributed by atoms with Crippen LogP contribution in [0.15, 0.2) is 27.4 Å². The first-order valence-electron chi connectivity index (χ1n) is 5.75. The molecule has 0 aliphatic rings. The summed E-state index contributed by atoms with van der Waals surface area (Å²) < 4.78 is 3.43. The summed E-state index contributed by atoms with van der Waals surface area (Å²) in [6.45, 7) is 0.409. The predicted octanol–water partition coefficient (Wildman–Crippen LogP) is 2.30. The van der Waals surface area contributed by atoms with Crippen LogP contribution in [0.2, 0.25) is 0 Å². The molecule has 2 aromatic heterocycles. The first-order chi connectivity index (χ1) is 9.49. The number of carbonyl (C=O) groups excluding carboxylic acids is 1. The summed E-state index contributed by atoms with van der Waals surface area (Å²) >= 11 is 6.75. The highest BCUT2D eigenvalue weighted by molar-refractivity contribution is 9.13. The summed E-state index contributed by atoms with van der Waals surface area (Å²) in [6, 6.07) is 1.76. The second-order valence-corrected chi connectivity index (χ2v) is 5.66. The summed E-state index contributed by atoms with van der Waals surface area (Å²) in [4.78, 5) is 18.8. The zero-order chi connectivity index (χ0) is 14.7. The standard InChI is InChI=1S/C12H13Br2N5O/c1-19-9(5-8(13)10(19)14)11(20)16-4-2-3-7-6-17-12(15)18-7/h2-3,5-6H,4H2,1H3,(H,16,20)(H3,15,17,18)/b3-2+. The normalized spacial score (nSPS) is 11.2. The average molecular weight is 403 g/mol. The Hall–Kier alpha value is -1.54. The van der Waals surface area contributed by atoms with Gasteiger partial charge in [0.25, 0.3) is 5.91 Å². The van der Waals surface area contributed by atoms with Gasteiger partial charge >= 0.3 is 0 Å². The number of nitrogens with two attached hydrogens (primary N) is 1. The highest BCUT2D eigenvalue weighted by atomic mass is 79.9. The second-order valence-electron chi connectivity index (χ2n) is 4.05. The van der Waals surface area contributed by atoms with Crippen molar-refractivity contribution >= 4 is 49.8 Å². The van der Waals surface area contributed by atoms with Crippen LogP contribution in [0.5, 0.6) is 0 Å². The van der Waals surface area contributed by atoms with Gasteiger partial charge in [-0.2, -0.15) is 0 Å². The molecule has 106 valence electrons. The number of H-pyrrole nitrogens is 1. The van der Waals surface area contributed by atoms with E-state index in [2.05, 4.69) is 47.1 Å². The maximum atomic E-state index is 12.0. The van der Waals surface area contributed by atoms with Gasteiger partial charge in [0.05, 0.1) is 14.8 Å². The average Bonchev–Trinajstić information content (AvgIpc) is 2.94. The number of carbonyl (C=O) groups is 1. The molecule has 0 saturated carbocycles. The number of anilines is 1. The van der Waals surface area contributed by atoms with Crippen LogP contribution in [0.3, 0.4) is 0 Å². The molecule has 8 heteroatoms. The number of aromatic nitrogens is 3. The fraction of sp³-hybridized carbons (Fsp3) is 0.167. The topological polar surface area (TPSA) is 88.7 Å². The molecule has 20 heavy (non-hydrogen) atoms. The van der Waals surface area contributed by atoms with Gasteiger partial charge in [-0.15, -0.1) is 0 Å². The number of hydrogen-bond donors (Lipinski definition) is 3. The molecule has 0 unspecified atom stereocenters. The lowest BCUT2D eigenvalue weighted by molar-refractivity contribution is 0.0950. The van der Waals surface area contributed by atoms with Crippen LogP contribution in [0, 0.1) is 0 Å². The molecule has 1 amide bonds. The van der Waals surface area contributed by atoms with E-state index >= 15 is 0 Å². The zero-order valence-corrected chi connectivity index (χ0v) is 13.8. The van der Waals surface area contributed by atoms with Crippen LogP contribution in [0.25, 0.3) is 6.08 Å². The summed E-state index contributed by atoms with van der Waals surface area (Å²) in [5.41, 5.74) is 6.75. The number of rotatable bonds is 4. The third-order valence-corrected chi connectivity index (χ3v) is 4.73. The van der Waals surface area contributed by atoms with Gasteiger partial charge in [0.15, 0.2) is 5.95 Å². The highest BCUT2D eigenvalue weighted by Crippen LogP contribution is 2.25. The molecule has 0 aliphatic carbocycles. The molecule has 0 aliphatic heterocycles. The highest BCUT2D eigenvalue weighted by Gasteiger charge is 2.14. The zero-order valence-electron chi connectivity index (χ0n) is 10.7. The fourth-order valence-electron chi connectivity index (χ4n) is 1.62. The minimum absolute atomic E-state index is 0.148. The molecule has 2 heterocycles. The van der Waals surface area contributed by atoms with Gasteiger partial charge in [-0.1, -0.05) is 6.08 Å². The van der Waals surface area contributed by atoms with Gasteiger partial charge in [-0.25, -0.2) is 4.98 Å². The Morgan fingerprint density at radius 2 is 2.35 bits per heavy atom. The van der Waals surface area contributed by atoms with Crippen molar-refractivity contribution in [1.82, 2.24) is 19.9 Å². The van der Waals surface area contributed by atoms with Crippen LogP contribution >= 0.6 is 31.9 Å². The van der Waals surface area contributed by atoms with Crippen molar-refractivity contribution < 1.29 is 4.79 Å². The summed E-state index contributed by atoms with van der Waals surface area (Å²) in [6.07, 6.45) is 5.28. The molecule has 0 aromatic carbocycles. The van der Waals surface area contributed by atoms with Gasteiger partial charge in [0.2, 0.25) is 0 Å². The molecule has 4 N–H and O–H groups in total. The Morgan fingerprint density at radius 3 is 2.90 bits per heavy atom. The molecule has 2 rings (SSSR count). The van der Waals surface area contributed by atoms with E-state index in [1.165, 1.54) is 0 Å². The molecule has 6 nitrogen and oxygen atoms in total. The van der Waals surface area contributed by atoms with E-state index in [-0.39, 0.29) is 5.91 Å². The first kappa shape index (κ1) is 14.9. The lowest BCUT2D eigenvalue weighted by atomic mass is 10.3. The van der Waals surface area contributed by atoms with E-state index in [9.17, 15) is 4.79 Å². The Labute approximate surface area is 132 Å². The number of nitrogen functional groups attached to an aromatic ring is 1. The molecule has 0 saturated heterocycles. The molecular weight excluding hydrogens is 390 g/mol. The SMILES string of the molecule is Cn1c(C(=O)NC/C=C/c2c[nH]c(N)n2)cc(Br)c1Br. The van der Waals surface area contributed by atoms with Crippen LogP contribution in [0.4, 0.5) is 5.95 Å². The minimum atomic E-state index is -0.148. The lowest BCUT2D eigenvalue weighted by Crippen LogP contribution is -2.25. The van der Waals surface area contributed by atoms with Gasteiger partial charge in [0.1, 0.15) is 5.69 Å². The summed E-state index contributed by atoms with van der Waals surface area (Å²) in [7, 11) is 1.81. The van der Waals surface area contributed by atoms with Gasteiger partial charge in [0, 0.05) is 19.8 Å². The van der Waals surface area contributed by atoms with Crippen LogP contribution < -0.4 is 11.1 Å². The monoisotopic (exact) mass is 401 g/mol. The van der Waals surface area contributed by atoms with E-state index in [1.54, 1.807) is 29.0 Å². The van der Waals surface area contributed by atoms with Crippen molar-refractivity contribution in [3.63, 3.8) is 0 Å². The number of hydrogen-bond acceptors (Lipinski definition) is 3. The number of nitrogens with zero attached hydrogens (tertiary/aromatic N) is 2. The van der Waals surface area contributed by atoms with Gasteiger partial charge in [-0.05, 0) is 44.0 Å². The first-order valence-corrected chi connectivity index (χ1v) is 7.34. The summed E-state index contributed by atoms with van der Waals surface area (Å²) in [5.74, 6) is 0.220. The molecule has 2 aromatic rings. The van der Waals surface area contributed by atoms with Crippen molar-refractivity contribution in [2.24, 2.45) is 7.05 Å². The third-order valence-electron chi connectivity index (χ3n) is 2.64. The van der Waals surface area contributed by atoms with E-state index in [4.69, 9.17) is 5.73 Å². The van der Waals surface area contributed by atoms with Gasteiger partial charge in [-0.3, -0.25) is 4.79 Å². The van der Waals surface area contributed by atoms with Crippen LogP contribution in [-0.4, -0.2) is 27.0 Å². The fourth-order valence-corrected chi connectivity index (χ4v) is 2.41. The van der Waals surface area contributed by atoms with Crippen molar-refractivity contribution in [2.75, 3.05) is 12.3 Å². The van der Waals surface area contributed by atoms with Crippen molar-refractivity contribution in [1.29, 1.82) is 0 Å². The van der Waals surface area contributed by atoms with E-state index in [0.29, 0.717) is 18.2 Å². The Bertz CT molecular complexity index is 659. The molecule has 0 bridgehead atoms. The van der Waals surface area contributed by atoms with E-state index in [1.807, 2.05) is 7.05 Å². The molecule has 0 fully saturated rings. The Balaban J connectivity index is 1.92. The number of imidazole rings is 1. The second kappa shape index (κ2) is 6.27. The maximum Gasteiger partial charge on any atom is 0.268 e. The molecular formula is C12H13Br2N5O. The number of nitrogens with one attached hydrogen (secondary N) is 2. The smallest absolute Gasteiger partial charge is 0.268 e. The van der Waals surface area contributed by atoms with Gasteiger partial charge < -0.3 is 20.6 Å². The Kier molecular flexibility index (Phi) is 4.66. The van der Waals surface area contributed by atoms with E-state index < -0.39 is 0 Å². The van der Waals surface area contributed by atoms with E-state index in [0.717, 1.165) is 14.8 Å². The number of halogens is 2. The predicted molar refractivity (Wildman–Crippen MR) is 85.2 cm³/mol. The molecule has 0 atom stereocenters. The molecule has 0 spiro atoms. The van der Waals surface area contributed by atoms with Crippen molar-refractivity contribution in [2.45, 2.75) is 0 Å². The van der Waals surface area contributed by atoms with Crippen LogP contribution in [-0.2, 0) is 7.05 Å². The quantitative estimate of drug-likeness (QED) is 0.732. The van der Waals surface area contributed by atoms with Crippen LogP contribution in [0.1, 0.15) is 16.2 Å². The Morgan fingerprint density at radius 1 is 1.60 bits per heavy atom. The number of amides is 1. The lowest BCUT2D eigenvalue weighted by Gasteiger charge is -2.04. The molecule has 0 radical (unpaired) electrons. The van der Waals surface area contributed by atoms with Crippen molar-refractivity contribution in [3.8, 4) is 0 Å².